The summed E-state index contributed by atoms with van der Waals surface area (Å²) in [6.45, 7) is 0.219. The maximum atomic E-state index is 12.9. The van der Waals surface area contributed by atoms with Crippen molar-refractivity contribution in [2.24, 2.45) is 5.10 Å². The first-order chi connectivity index (χ1) is 15.5. The SMILES string of the molecule is O=C(N/N=C/c1ccc([N+](=O)[O-])cc1)c1nn(Cc2ccccc2)c(=O)c2ccccc12. The van der Waals surface area contributed by atoms with Gasteiger partial charge in [0.2, 0.25) is 0 Å². The molecule has 0 bridgehead atoms. The third-order valence-corrected chi connectivity index (χ3v) is 4.74. The molecule has 0 aliphatic rings. The summed E-state index contributed by atoms with van der Waals surface area (Å²) in [5.74, 6) is -0.582. The Labute approximate surface area is 181 Å². The van der Waals surface area contributed by atoms with Gasteiger partial charge < -0.3 is 0 Å². The molecule has 0 saturated carbocycles. The molecule has 1 heterocycles. The Morgan fingerprint density at radius 1 is 1.00 bits per heavy atom. The van der Waals surface area contributed by atoms with Gasteiger partial charge in [0.05, 0.1) is 23.1 Å². The van der Waals surface area contributed by atoms with Gasteiger partial charge in [0.25, 0.3) is 17.2 Å². The smallest absolute Gasteiger partial charge is 0.267 e. The average Bonchev–Trinajstić information content (AvgIpc) is 2.82. The number of non-ortho nitro benzene ring substituents is 1. The molecule has 9 nitrogen and oxygen atoms in total. The summed E-state index contributed by atoms with van der Waals surface area (Å²) in [5, 5.41) is 19.7. The van der Waals surface area contributed by atoms with Gasteiger partial charge in [-0.3, -0.25) is 19.7 Å². The maximum absolute atomic E-state index is 12.9. The predicted octanol–water partition coefficient (Wildman–Crippen LogP) is 3.12. The number of hydrogen-bond acceptors (Lipinski definition) is 6. The summed E-state index contributed by atoms with van der Waals surface area (Å²) in [6.07, 6.45) is 1.36. The molecule has 32 heavy (non-hydrogen) atoms. The van der Waals surface area contributed by atoms with Gasteiger partial charge in [-0.15, -0.1) is 0 Å². The Balaban J connectivity index is 1.62. The zero-order valence-electron chi connectivity index (χ0n) is 16.7. The second-order valence-corrected chi connectivity index (χ2v) is 6.89. The number of rotatable bonds is 6. The van der Waals surface area contributed by atoms with Crippen molar-refractivity contribution >= 4 is 28.6 Å². The number of hydrogen-bond donors (Lipinski definition) is 1. The number of carbonyl (C=O) groups excluding carboxylic acids is 1. The second kappa shape index (κ2) is 9.00. The number of carbonyl (C=O) groups is 1. The van der Waals surface area contributed by atoms with E-state index in [0.29, 0.717) is 16.3 Å². The Hall–Kier alpha value is -4.66. The van der Waals surface area contributed by atoms with Crippen LogP contribution in [0, 0.1) is 10.1 Å². The Bertz CT molecular complexity index is 1380. The zero-order chi connectivity index (χ0) is 22.5. The molecule has 0 unspecified atom stereocenters. The lowest BCUT2D eigenvalue weighted by Gasteiger charge is -2.10. The van der Waals surface area contributed by atoms with Crippen molar-refractivity contribution in [3.63, 3.8) is 0 Å². The van der Waals surface area contributed by atoms with Crippen molar-refractivity contribution in [1.82, 2.24) is 15.2 Å². The molecule has 0 fully saturated rings. The molecule has 1 amide bonds. The minimum absolute atomic E-state index is 0.0393. The van der Waals surface area contributed by atoms with Crippen molar-refractivity contribution in [3.05, 3.63) is 116 Å². The van der Waals surface area contributed by atoms with Crippen LogP contribution in [0.2, 0.25) is 0 Å². The van der Waals surface area contributed by atoms with Crippen LogP contribution in [0.1, 0.15) is 21.6 Å². The lowest BCUT2D eigenvalue weighted by atomic mass is 10.1. The van der Waals surface area contributed by atoms with E-state index in [0.717, 1.165) is 5.56 Å². The minimum atomic E-state index is -0.582. The number of hydrazone groups is 1. The van der Waals surface area contributed by atoms with Gasteiger partial charge in [-0.1, -0.05) is 48.5 Å². The molecular formula is C23H17N5O4. The summed E-state index contributed by atoms with van der Waals surface area (Å²) < 4.78 is 1.26. The van der Waals surface area contributed by atoms with Crippen molar-refractivity contribution in [1.29, 1.82) is 0 Å². The Morgan fingerprint density at radius 2 is 1.66 bits per heavy atom. The summed E-state index contributed by atoms with van der Waals surface area (Å²) in [7, 11) is 0. The molecule has 0 aliphatic carbocycles. The van der Waals surface area contributed by atoms with Crippen molar-refractivity contribution < 1.29 is 9.72 Å². The van der Waals surface area contributed by atoms with Crippen molar-refractivity contribution in [2.45, 2.75) is 6.54 Å². The molecule has 0 radical (unpaired) electrons. The molecule has 9 heteroatoms. The molecule has 0 spiro atoms. The Morgan fingerprint density at radius 3 is 2.34 bits per heavy atom. The van der Waals surface area contributed by atoms with E-state index in [1.165, 1.54) is 35.2 Å². The third kappa shape index (κ3) is 4.41. The predicted molar refractivity (Wildman–Crippen MR) is 120 cm³/mol. The van der Waals surface area contributed by atoms with E-state index < -0.39 is 10.8 Å². The second-order valence-electron chi connectivity index (χ2n) is 6.89. The molecular weight excluding hydrogens is 410 g/mol. The number of fused-ring (bicyclic) bond motifs is 1. The highest BCUT2D eigenvalue weighted by Gasteiger charge is 2.16. The first-order valence-corrected chi connectivity index (χ1v) is 9.64. The van der Waals surface area contributed by atoms with Gasteiger partial charge in [0, 0.05) is 17.5 Å². The van der Waals surface area contributed by atoms with Crippen LogP contribution in [0.25, 0.3) is 10.8 Å². The normalized spacial score (nSPS) is 11.0. The molecule has 1 N–H and O–H groups in total. The maximum Gasteiger partial charge on any atom is 0.292 e. The van der Waals surface area contributed by atoms with Gasteiger partial charge in [0.15, 0.2) is 5.69 Å². The first-order valence-electron chi connectivity index (χ1n) is 9.64. The van der Waals surface area contributed by atoms with Crippen LogP contribution < -0.4 is 11.0 Å². The van der Waals surface area contributed by atoms with Crippen LogP contribution in [0.5, 0.6) is 0 Å². The van der Waals surface area contributed by atoms with Crippen LogP contribution in [-0.2, 0) is 6.54 Å². The Kier molecular flexibility index (Phi) is 5.80. The van der Waals surface area contributed by atoms with Crippen molar-refractivity contribution in [3.8, 4) is 0 Å². The lowest BCUT2D eigenvalue weighted by molar-refractivity contribution is -0.384. The molecule has 4 aromatic rings. The van der Waals surface area contributed by atoms with E-state index in [9.17, 15) is 19.7 Å². The number of amides is 1. The average molecular weight is 427 g/mol. The lowest BCUT2D eigenvalue weighted by Crippen LogP contribution is -2.29. The number of nitrogens with one attached hydrogen (secondary N) is 1. The van der Waals surface area contributed by atoms with Crippen LogP contribution in [0.15, 0.2) is 88.8 Å². The standard InChI is InChI=1S/C23H17N5O4/c29-22(25-24-14-16-10-12-18(13-11-16)28(31)32)21-19-8-4-5-9-20(19)23(30)27(26-21)15-17-6-2-1-3-7-17/h1-14H,15H2,(H,25,29)/b24-14+. The van der Waals surface area contributed by atoms with E-state index in [4.69, 9.17) is 0 Å². The van der Waals surface area contributed by atoms with Crippen LogP contribution in [0.4, 0.5) is 5.69 Å². The number of nitrogens with zero attached hydrogens (tertiary/aromatic N) is 4. The number of aromatic nitrogens is 2. The quantitative estimate of drug-likeness (QED) is 0.288. The molecule has 4 rings (SSSR count). The van der Waals surface area contributed by atoms with E-state index in [-0.39, 0.29) is 23.5 Å². The van der Waals surface area contributed by atoms with E-state index in [2.05, 4.69) is 15.6 Å². The highest BCUT2D eigenvalue weighted by atomic mass is 16.6. The number of benzene rings is 3. The van der Waals surface area contributed by atoms with Crippen LogP contribution in [-0.4, -0.2) is 26.8 Å². The van der Waals surface area contributed by atoms with Gasteiger partial charge in [-0.2, -0.15) is 10.2 Å². The molecule has 1 aromatic heterocycles. The fourth-order valence-corrected chi connectivity index (χ4v) is 3.17. The zero-order valence-corrected chi connectivity index (χ0v) is 16.7. The molecule has 0 atom stereocenters. The van der Waals surface area contributed by atoms with Crippen molar-refractivity contribution in [2.75, 3.05) is 0 Å². The molecule has 3 aromatic carbocycles. The number of nitro groups is 1. The highest BCUT2D eigenvalue weighted by molar-refractivity contribution is 6.05. The monoisotopic (exact) mass is 427 g/mol. The number of nitro benzene ring substituents is 1. The van der Waals surface area contributed by atoms with Crippen LogP contribution >= 0.6 is 0 Å². The van der Waals surface area contributed by atoms with E-state index >= 15 is 0 Å². The van der Waals surface area contributed by atoms with Crippen LogP contribution in [0.3, 0.4) is 0 Å². The minimum Gasteiger partial charge on any atom is -0.267 e. The summed E-state index contributed by atoms with van der Waals surface area (Å²) in [5.41, 5.74) is 3.58. The fourth-order valence-electron chi connectivity index (χ4n) is 3.17. The van der Waals surface area contributed by atoms with Gasteiger partial charge in [-0.05, 0) is 29.3 Å². The third-order valence-electron chi connectivity index (χ3n) is 4.74. The molecule has 158 valence electrons. The molecule has 0 saturated heterocycles. The topological polar surface area (TPSA) is 119 Å². The fraction of sp³-hybridized carbons (Fsp3) is 0.0435. The first kappa shape index (κ1) is 20.6. The highest BCUT2D eigenvalue weighted by Crippen LogP contribution is 2.14. The summed E-state index contributed by atoms with van der Waals surface area (Å²) >= 11 is 0. The van der Waals surface area contributed by atoms with E-state index in [1.54, 1.807) is 24.3 Å². The van der Waals surface area contributed by atoms with Gasteiger partial charge in [0.1, 0.15) is 0 Å². The largest absolute Gasteiger partial charge is 0.292 e. The van der Waals surface area contributed by atoms with Gasteiger partial charge in [-0.25, -0.2) is 10.1 Å². The van der Waals surface area contributed by atoms with Gasteiger partial charge >= 0.3 is 0 Å². The van der Waals surface area contributed by atoms with E-state index in [1.807, 2.05) is 30.3 Å². The molecule has 0 aliphatic heterocycles. The summed E-state index contributed by atoms with van der Waals surface area (Å²) in [4.78, 5) is 35.9. The summed E-state index contributed by atoms with van der Waals surface area (Å²) in [6, 6.07) is 21.8.